The summed E-state index contributed by atoms with van der Waals surface area (Å²) in [5.74, 6) is 1.32. The molecule has 3 aromatic rings. The highest BCUT2D eigenvalue weighted by Gasteiger charge is 2.20. The van der Waals surface area contributed by atoms with Crippen LogP contribution in [0.2, 0.25) is 0 Å². The van der Waals surface area contributed by atoms with Crippen molar-refractivity contribution in [3.8, 4) is 0 Å². The molecule has 0 spiro atoms. The summed E-state index contributed by atoms with van der Waals surface area (Å²) in [7, 11) is 0. The molecule has 1 aromatic carbocycles. The Balaban J connectivity index is 1.51. The van der Waals surface area contributed by atoms with E-state index in [0.717, 1.165) is 47.3 Å². The van der Waals surface area contributed by atoms with Crippen LogP contribution in [0, 0.1) is 5.82 Å². The zero-order valence-electron chi connectivity index (χ0n) is 17.0. The quantitative estimate of drug-likeness (QED) is 0.437. The van der Waals surface area contributed by atoms with Crippen molar-refractivity contribution >= 4 is 34.5 Å². The van der Waals surface area contributed by atoms with Crippen LogP contribution in [-0.2, 0) is 6.54 Å². The summed E-state index contributed by atoms with van der Waals surface area (Å²) in [4.78, 5) is 24.1. The van der Waals surface area contributed by atoms with Crippen molar-refractivity contribution < 1.29 is 9.18 Å². The summed E-state index contributed by atoms with van der Waals surface area (Å²) in [5.41, 5.74) is 1.22. The van der Waals surface area contributed by atoms with Crippen LogP contribution in [-0.4, -0.2) is 51.0 Å². The van der Waals surface area contributed by atoms with Gasteiger partial charge in [-0.2, -0.15) is 5.10 Å². The van der Waals surface area contributed by atoms with E-state index in [1.165, 1.54) is 37.1 Å². The molecule has 30 heavy (non-hydrogen) atoms. The van der Waals surface area contributed by atoms with Gasteiger partial charge in [-0.3, -0.25) is 4.79 Å². The molecule has 9 heteroatoms. The molecule has 7 nitrogen and oxygen atoms in total. The lowest BCUT2D eigenvalue weighted by Crippen LogP contribution is -2.27. The molecule has 0 radical (unpaired) electrons. The number of thioether (sulfide) groups is 1. The van der Waals surface area contributed by atoms with Crippen molar-refractivity contribution in [2.24, 2.45) is 0 Å². The average Bonchev–Trinajstić information content (AvgIpc) is 3.43. The minimum absolute atomic E-state index is 0.238. The van der Waals surface area contributed by atoms with Crippen LogP contribution in [0.5, 0.6) is 0 Å². The second-order valence-corrected chi connectivity index (χ2v) is 8.30. The second kappa shape index (κ2) is 9.42. The van der Waals surface area contributed by atoms with Gasteiger partial charge in [0.25, 0.3) is 5.91 Å². The molecule has 0 bridgehead atoms. The average molecular weight is 429 g/mol. The number of carbonyl (C=O) groups excluding carboxylic acids is 1. The summed E-state index contributed by atoms with van der Waals surface area (Å²) in [6.07, 6.45) is 5.22. The van der Waals surface area contributed by atoms with Crippen LogP contribution in [0.25, 0.3) is 11.0 Å². The van der Waals surface area contributed by atoms with Crippen molar-refractivity contribution in [2.75, 3.05) is 30.3 Å². The number of anilines is 1. The molecular formula is C21H25FN6OS. The number of nitrogens with zero attached hydrogens (tertiary/aromatic N) is 5. The van der Waals surface area contributed by atoms with Crippen LogP contribution < -0.4 is 10.2 Å². The number of hydrogen-bond donors (Lipinski definition) is 1. The Hall–Kier alpha value is -2.68. The van der Waals surface area contributed by atoms with Crippen LogP contribution in [0.4, 0.5) is 10.2 Å². The van der Waals surface area contributed by atoms with Gasteiger partial charge in [-0.1, -0.05) is 18.7 Å². The number of aromatic nitrogens is 4. The molecule has 1 saturated heterocycles. The van der Waals surface area contributed by atoms with E-state index in [0.29, 0.717) is 18.7 Å². The van der Waals surface area contributed by atoms with Gasteiger partial charge in [0.15, 0.2) is 10.8 Å². The fourth-order valence-electron chi connectivity index (χ4n) is 3.49. The van der Waals surface area contributed by atoms with Gasteiger partial charge in [-0.05, 0) is 43.5 Å². The minimum Gasteiger partial charge on any atom is -0.356 e. The van der Waals surface area contributed by atoms with E-state index in [4.69, 9.17) is 9.97 Å². The first-order valence-corrected chi connectivity index (χ1v) is 11.3. The molecule has 1 aliphatic rings. The normalized spacial score (nSPS) is 13.9. The summed E-state index contributed by atoms with van der Waals surface area (Å²) in [6.45, 7) is 5.03. The van der Waals surface area contributed by atoms with E-state index >= 15 is 0 Å². The number of benzene rings is 1. The molecule has 1 fully saturated rings. The van der Waals surface area contributed by atoms with Gasteiger partial charge in [0, 0.05) is 31.0 Å². The van der Waals surface area contributed by atoms with Gasteiger partial charge in [0.05, 0.1) is 18.1 Å². The fourth-order valence-corrected chi connectivity index (χ4v) is 4.18. The molecular weight excluding hydrogens is 403 g/mol. The topological polar surface area (TPSA) is 75.9 Å². The first kappa shape index (κ1) is 20.6. The Morgan fingerprint density at radius 1 is 1.20 bits per heavy atom. The van der Waals surface area contributed by atoms with Gasteiger partial charge in [0.2, 0.25) is 0 Å². The maximum absolute atomic E-state index is 13.0. The Morgan fingerprint density at radius 3 is 2.70 bits per heavy atom. The molecule has 1 amide bonds. The highest BCUT2D eigenvalue weighted by Crippen LogP contribution is 2.29. The largest absolute Gasteiger partial charge is 0.356 e. The third kappa shape index (κ3) is 4.56. The number of rotatable bonds is 8. The lowest BCUT2D eigenvalue weighted by molar-refractivity contribution is 0.0952. The minimum atomic E-state index is -0.361. The van der Waals surface area contributed by atoms with Crippen molar-refractivity contribution in [2.45, 2.75) is 37.9 Å². The monoisotopic (exact) mass is 428 g/mol. The van der Waals surface area contributed by atoms with E-state index in [2.05, 4.69) is 22.2 Å². The Labute approximate surface area is 179 Å². The van der Waals surface area contributed by atoms with Gasteiger partial charge < -0.3 is 10.2 Å². The number of nitrogens with one attached hydrogen (secondary N) is 1. The standard InChI is InChI=1S/C21H25FN6OS/c1-2-13-30-21-25-18(27-10-3-4-11-27)17-14-24-28(19(17)26-21)12-9-23-20(29)15-5-7-16(22)8-6-15/h5-8,14H,2-4,9-13H2,1H3,(H,23,29). The number of fused-ring (bicyclic) bond motifs is 1. The van der Waals surface area contributed by atoms with E-state index in [9.17, 15) is 9.18 Å². The lowest BCUT2D eigenvalue weighted by atomic mass is 10.2. The fraction of sp³-hybridized carbons (Fsp3) is 0.429. The molecule has 3 heterocycles. The van der Waals surface area contributed by atoms with Gasteiger partial charge in [-0.15, -0.1) is 0 Å². The third-order valence-electron chi connectivity index (χ3n) is 5.01. The van der Waals surface area contributed by atoms with Crippen LogP contribution in [0.15, 0.2) is 35.6 Å². The van der Waals surface area contributed by atoms with Crippen LogP contribution in [0.1, 0.15) is 36.5 Å². The van der Waals surface area contributed by atoms with E-state index < -0.39 is 0 Å². The predicted octanol–water partition coefficient (Wildman–Crippen LogP) is 3.50. The van der Waals surface area contributed by atoms with Crippen LogP contribution >= 0.6 is 11.8 Å². The number of halogens is 1. The van der Waals surface area contributed by atoms with E-state index in [-0.39, 0.29) is 11.7 Å². The van der Waals surface area contributed by atoms with Crippen molar-refractivity contribution in [3.63, 3.8) is 0 Å². The zero-order valence-corrected chi connectivity index (χ0v) is 17.8. The Bertz CT molecular complexity index is 1020. The first-order chi connectivity index (χ1) is 14.7. The Morgan fingerprint density at radius 2 is 1.97 bits per heavy atom. The maximum atomic E-state index is 13.0. The maximum Gasteiger partial charge on any atom is 0.251 e. The smallest absolute Gasteiger partial charge is 0.251 e. The highest BCUT2D eigenvalue weighted by atomic mass is 32.2. The summed E-state index contributed by atoms with van der Waals surface area (Å²) in [6, 6.07) is 5.51. The molecule has 2 aromatic heterocycles. The molecule has 0 atom stereocenters. The number of amides is 1. The molecule has 0 saturated carbocycles. The number of carbonyl (C=O) groups is 1. The SMILES string of the molecule is CCCSc1nc(N2CCCC2)c2cnn(CCNC(=O)c3ccc(F)cc3)c2n1. The van der Waals surface area contributed by atoms with Gasteiger partial charge in [-0.25, -0.2) is 19.0 Å². The van der Waals surface area contributed by atoms with E-state index in [1.807, 2.05) is 10.9 Å². The predicted molar refractivity (Wildman–Crippen MR) is 117 cm³/mol. The van der Waals surface area contributed by atoms with Crippen molar-refractivity contribution in [1.82, 2.24) is 25.1 Å². The zero-order chi connectivity index (χ0) is 20.9. The second-order valence-electron chi connectivity index (χ2n) is 7.24. The summed E-state index contributed by atoms with van der Waals surface area (Å²) >= 11 is 1.66. The highest BCUT2D eigenvalue weighted by molar-refractivity contribution is 7.99. The van der Waals surface area contributed by atoms with Crippen molar-refractivity contribution in [1.29, 1.82) is 0 Å². The van der Waals surface area contributed by atoms with Gasteiger partial charge >= 0.3 is 0 Å². The lowest BCUT2D eigenvalue weighted by Gasteiger charge is -2.18. The van der Waals surface area contributed by atoms with Crippen molar-refractivity contribution in [3.05, 3.63) is 41.8 Å². The summed E-state index contributed by atoms with van der Waals surface area (Å²) in [5, 5.41) is 9.08. The number of hydrogen-bond acceptors (Lipinski definition) is 6. The molecule has 4 rings (SSSR count). The third-order valence-corrected chi connectivity index (χ3v) is 6.07. The molecule has 0 aliphatic carbocycles. The summed E-state index contributed by atoms with van der Waals surface area (Å²) < 4.78 is 14.8. The molecule has 0 unspecified atom stereocenters. The van der Waals surface area contributed by atoms with Gasteiger partial charge in [0.1, 0.15) is 11.6 Å². The Kier molecular flexibility index (Phi) is 6.47. The molecule has 158 valence electrons. The molecule has 1 aliphatic heterocycles. The first-order valence-electron chi connectivity index (χ1n) is 10.3. The van der Waals surface area contributed by atoms with Crippen LogP contribution in [0.3, 0.4) is 0 Å². The molecule has 1 N–H and O–H groups in total. The van der Waals surface area contributed by atoms with E-state index in [1.54, 1.807) is 11.8 Å².